The van der Waals surface area contributed by atoms with E-state index >= 15 is 0 Å². The van der Waals surface area contributed by atoms with E-state index in [9.17, 15) is 9.59 Å². The molecule has 184 valence electrons. The second-order valence-electron chi connectivity index (χ2n) is 10.1. The monoisotopic (exact) mass is 468 g/mol. The zero-order valence-electron chi connectivity index (χ0n) is 20.1. The Morgan fingerprint density at radius 2 is 1.47 bits per heavy atom. The highest BCUT2D eigenvalue weighted by Gasteiger charge is 2.66. The summed E-state index contributed by atoms with van der Waals surface area (Å²) in [6, 6.07) is 10.5. The van der Waals surface area contributed by atoms with Gasteiger partial charge < -0.3 is 19.1 Å². The van der Waals surface area contributed by atoms with Crippen LogP contribution < -0.4 is 4.90 Å². The Kier molecular flexibility index (Phi) is 6.67. The molecule has 0 bridgehead atoms. The first-order chi connectivity index (χ1) is 16.6. The van der Waals surface area contributed by atoms with Crippen molar-refractivity contribution in [2.24, 2.45) is 0 Å². The first kappa shape index (κ1) is 23.4. The van der Waals surface area contributed by atoms with Crippen molar-refractivity contribution in [1.82, 2.24) is 4.90 Å². The zero-order chi connectivity index (χ0) is 23.6. The molecule has 7 heteroatoms. The molecule has 3 fully saturated rings. The van der Waals surface area contributed by atoms with Gasteiger partial charge in [-0.25, -0.2) is 9.59 Å². The number of anilines is 1. The predicted molar refractivity (Wildman–Crippen MR) is 128 cm³/mol. The molecule has 1 aromatic rings. The van der Waals surface area contributed by atoms with Gasteiger partial charge in [0.15, 0.2) is 0 Å². The van der Waals surface area contributed by atoms with Crippen molar-refractivity contribution in [1.29, 1.82) is 0 Å². The molecule has 1 unspecified atom stereocenters. The number of methoxy groups -OCH3 is 1. The molecular weight excluding hydrogens is 432 g/mol. The molecular formula is C27H36N2O5. The molecule has 1 aliphatic carbocycles. The second-order valence-corrected chi connectivity index (χ2v) is 10.1. The number of esters is 2. The third kappa shape index (κ3) is 4.24. The smallest absolute Gasteiger partial charge is 0.346 e. The molecule has 0 aromatic heterocycles. The Balaban J connectivity index is 1.47. The summed E-state index contributed by atoms with van der Waals surface area (Å²) in [6.07, 6.45) is 13.2. The maximum absolute atomic E-state index is 12.5. The van der Waals surface area contributed by atoms with Gasteiger partial charge in [-0.2, -0.15) is 0 Å². The lowest BCUT2D eigenvalue weighted by Crippen LogP contribution is -2.63. The van der Waals surface area contributed by atoms with Crippen molar-refractivity contribution in [3.8, 4) is 0 Å². The Morgan fingerprint density at radius 1 is 0.882 bits per heavy atom. The first-order valence-electron chi connectivity index (χ1n) is 12.8. The highest BCUT2D eigenvalue weighted by atomic mass is 16.8. The maximum Gasteiger partial charge on any atom is 0.346 e. The van der Waals surface area contributed by atoms with Crippen LogP contribution in [-0.2, 0) is 23.8 Å². The van der Waals surface area contributed by atoms with E-state index in [1.54, 1.807) is 7.11 Å². The van der Waals surface area contributed by atoms with Crippen molar-refractivity contribution < 1.29 is 23.8 Å². The minimum absolute atomic E-state index is 0.245. The number of likely N-dealkylation sites (tertiary alicyclic amines) is 1. The molecule has 3 aliphatic heterocycles. The van der Waals surface area contributed by atoms with Crippen LogP contribution in [0, 0.1) is 0 Å². The molecule has 3 heterocycles. The van der Waals surface area contributed by atoms with Crippen molar-refractivity contribution in [2.45, 2.75) is 87.8 Å². The Hall–Kier alpha value is -2.38. The number of carbonyl (C=O) groups excluding carboxylic acids is 2. The van der Waals surface area contributed by atoms with Gasteiger partial charge in [-0.1, -0.05) is 50.3 Å². The fourth-order valence-electron chi connectivity index (χ4n) is 6.67. The Morgan fingerprint density at radius 3 is 2.06 bits per heavy atom. The number of benzene rings is 1. The lowest BCUT2D eigenvalue weighted by molar-refractivity contribution is -0.219. The van der Waals surface area contributed by atoms with Gasteiger partial charge in [0.05, 0.1) is 18.1 Å². The molecule has 1 atom stereocenters. The van der Waals surface area contributed by atoms with Crippen LogP contribution in [0.2, 0.25) is 0 Å². The van der Waals surface area contributed by atoms with Crippen molar-refractivity contribution in [2.75, 3.05) is 25.1 Å². The maximum atomic E-state index is 12.5. The average Bonchev–Trinajstić information content (AvgIpc) is 2.96. The third-order valence-corrected chi connectivity index (χ3v) is 8.26. The zero-order valence-corrected chi connectivity index (χ0v) is 20.1. The number of rotatable bonds is 3. The van der Waals surface area contributed by atoms with Crippen LogP contribution in [0.5, 0.6) is 0 Å². The fourth-order valence-corrected chi connectivity index (χ4v) is 6.67. The number of para-hydroxylation sites is 1. The number of piperidine rings is 1. The molecule has 2 spiro atoms. The summed E-state index contributed by atoms with van der Waals surface area (Å²) in [6.45, 7) is 1.90. The molecule has 1 saturated carbocycles. The van der Waals surface area contributed by atoms with Crippen LogP contribution in [0.25, 0.3) is 0 Å². The summed E-state index contributed by atoms with van der Waals surface area (Å²) in [7, 11) is 1.70. The summed E-state index contributed by atoms with van der Waals surface area (Å²) in [5, 5.41) is 0. The summed E-state index contributed by atoms with van der Waals surface area (Å²) in [4.78, 5) is 29.8. The van der Waals surface area contributed by atoms with Crippen molar-refractivity contribution in [3.63, 3.8) is 0 Å². The van der Waals surface area contributed by atoms with E-state index in [4.69, 9.17) is 14.2 Å². The molecule has 5 rings (SSSR count). The van der Waals surface area contributed by atoms with Gasteiger partial charge in [-0.05, 0) is 37.8 Å². The van der Waals surface area contributed by atoms with E-state index in [0.29, 0.717) is 6.04 Å². The van der Waals surface area contributed by atoms with Crippen LogP contribution >= 0.6 is 0 Å². The number of hydrogen-bond donors (Lipinski definition) is 0. The Labute approximate surface area is 202 Å². The molecule has 4 aliphatic rings. The van der Waals surface area contributed by atoms with Gasteiger partial charge in [-0.3, -0.25) is 4.90 Å². The largest absolute Gasteiger partial charge is 0.400 e. The molecule has 0 N–H and O–H groups in total. The van der Waals surface area contributed by atoms with Crippen LogP contribution in [-0.4, -0.2) is 60.6 Å². The highest BCUT2D eigenvalue weighted by molar-refractivity contribution is 5.93. The van der Waals surface area contributed by atoms with Crippen LogP contribution in [0.1, 0.15) is 64.2 Å². The summed E-state index contributed by atoms with van der Waals surface area (Å²) < 4.78 is 17.8. The number of ether oxygens (including phenoxy) is 3. The number of carbonyl (C=O) groups is 2. The quantitative estimate of drug-likeness (QED) is 0.617. The molecule has 0 amide bonds. The molecule has 0 radical (unpaired) electrons. The summed E-state index contributed by atoms with van der Waals surface area (Å²) in [5.41, 5.74) is 0.419. The lowest BCUT2D eigenvalue weighted by atomic mass is 9.81. The van der Waals surface area contributed by atoms with Crippen molar-refractivity contribution in [3.05, 3.63) is 42.5 Å². The SMILES string of the molecule is COC1CC2(OC(=O)C=CC(=O)O2)N(c2ccccc2)C12CCN(C1CCCCCCC1)CC2. The van der Waals surface area contributed by atoms with E-state index in [2.05, 4.69) is 4.90 Å². The minimum Gasteiger partial charge on any atom is -0.400 e. The second kappa shape index (κ2) is 9.70. The fraction of sp³-hybridized carbons (Fsp3) is 0.630. The minimum atomic E-state index is -1.53. The number of hydrogen-bond acceptors (Lipinski definition) is 7. The van der Waals surface area contributed by atoms with E-state index < -0.39 is 23.4 Å². The van der Waals surface area contributed by atoms with Gasteiger partial charge in [-0.15, -0.1) is 0 Å². The lowest BCUT2D eigenvalue weighted by Gasteiger charge is -2.51. The molecule has 7 nitrogen and oxygen atoms in total. The topological polar surface area (TPSA) is 68.3 Å². The molecule has 34 heavy (non-hydrogen) atoms. The van der Waals surface area contributed by atoms with Crippen LogP contribution in [0.15, 0.2) is 42.5 Å². The summed E-state index contributed by atoms with van der Waals surface area (Å²) >= 11 is 0. The van der Waals surface area contributed by atoms with Crippen LogP contribution in [0.3, 0.4) is 0 Å². The van der Waals surface area contributed by atoms with Gasteiger partial charge >= 0.3 is 17.8 Å². The Bertz CT molecular complexity index is 881. The summed E-state index contributed by atoms with van der Waals surface area (Å²) in [5.74, 6) is -2.68. The van der Waals surface area contributed by atoms with Crippen molar-refractivity contribution >= 4 is 17.6 Å². The third-order valence-electron chi connectivity index (χ3n) is 8.26. The van der Waals surface area contributed by atoms with E-state index in [-0.39, 0.29) is 12.5 Å². The van der Waals surface area contributed by atoms with E-state index in [1.165, 1.54) is 44.9 Å². The predicted octanol–water partition coefficient (Wildman–Crippen LogP) is 4.17. The van der Waals surface area contributed by atoms with Gasteiger partial charge in [0, 0.05) is 44.1 Å². The first-order valence-corrected chi connectivity index (χ1v) is 12.8. The molecule has 1 aromatic carbocycles. The highest BCUT2D eigenvalue weighted by Crippen LogP contribution is 2.52. The molecule has 2 saturated heterocycles. The van der Waals surface area contributed by atoms with Gasteiger partial charge in [0.1, 0.15) is 0 Å². The van der Waals surface area contributed by atoms with E-state index in [1.807, 2.05) is 35.2 Å². The standard InChI is InChI=1S/C27H36N2O5/c1-32-23-20-27(33-24(30)14-15-25(31)34-27)29(22-12-8-5-9-13-22)26(23)16-18-28(19-17-26)21-10-6-3-2-4-7-11-21/h5,8-9,12-15,21,23H,2-4,6-7,10-11,16-20H2,1H3. The van der Waals surface area contributed by atoms with E-state index in [0.717, 1.165) is 43.8 Å². The van der Waals surface area contributed by atoms with Gasteiger partial charge in [0.2, 0.25) is 0 Å². The average molecular weight is 469 g/mol. The van der Waals surface area contributed by atoms with Crippen LogP contribution in [0.4, 0.5) is 5.69 Å². The number of nitrogens with zero attached hydrogens (tertiary/aromatic N) is 2. The van der Waals surface area contributed by atoms with Gasteiger partial charge in [0.25, 0.3) is 0 Å². The normalized spacial score (nSPS) is 27.8.